The third-order valence-electron chi connectivity index (χ3n) is 2.57. The van der Waals surface area contributed by atoms with E-state index in [1.807, 2.05) is 0 Å². The highest BCUT2D eigenvalue weighted by atomic mass is 127. The number of rotatable bonds is 10. The minimum absolute atomic E-state index is 0.0595. The third-order valence-corrected chi connectivity index (χ3v) is 3.59. The molecular weight excluding hydrogens is 287 g/mol. The maximum atomic E-state index is 9.32. The van der Waals surface area contributed by atoms with E-state index in [-0.39, 0.29) is 6.10 Å². The van der Waals surface area contributed by atoms with Gasteiger partial charge < -0.3 is 5.11 Å². The molecule has 0 aliphatic carbocycles. The predicted octanol–water partition coefficient (Wildman–Crippen LogP) is 4.31. The minimum atomic E-state index is -0.0595. The van der Waals surface area contributed by atoms with Crippen LogP contribution in [-0.2, 0) is 0 Å². The zero-order valence-electron chi connectivity index (χ0n) is 9.47. The van der Waals surface area contributed by atoms with E-state index < -0.39 is 0 Å². The van der Waals surface area contributed by atoms with Crippen LogP contribution in [0.4, 0.5) is 0 Å². The summed E-state index contributed by atoms with van der Waals surface area (Å²) in [7, 11) is 0. The van der Waals surface area contributed by atoms with Gasteiger partial charge in [0.1, 0.15) is 0 Å². The summed E-state index contributed by atoms with van der Waals surface area (Å²) in [5, 5.41) is 9.32. The topological polar surface area (TPSA) is 20.2 Å². The first-order valence-electron chi connectivity index (χ1n) is 6.05. The van der Waals surface area contributed by atoms with Crippen LogP contribution in [0.1, 0.15) is 64.7 Å². The molecule has 0 heterocycles. The fraction of sp³-hybridized carbons (Fsp3) is 1.00. The van der Waals surface area contributed by atoms with Crippen molar-refractivity contribution in [2.75, 3.05) is 4.43 Å². The van der Waals surface area contributed by atoms with Gasteiger partial charge in [-0.2, -0.15) is 0 Å². The molecule has 0 amide bonds. The van der Waals surface area contributed by atoms with Crippen molar-refractivity contribution in [2.45, 2.75) is 70.8 Å². The highest BCUT2D eigenvalue weighted by Crippen LogP contribution is 2.11. The molecule has 0 spiro atoms. The van der Waals surface area contributed by atoms with Crippen molar-refractivity contribution in [3.05, 3.63) is 0 Å². The highest BCUT2D eigenvalue weighted by molar-refractivity contribution is 14.1. The Hall–Kier alpha value is 0.690. The molecule has 1 nitrogen and oxygen atoms in total. The fourth-order valence-electron chi connectivity index (χ4n) is 1.59. The van der Waals surface area contributed by atoms with Crippen LogP contribution in [0.3, 0.4) is 0 Å². The van der Waals surface area contributed by atoms with Gasteiger partial charge in [-0.3, -0.25) is 0 Å². The van der Waals surface area contributed by atoms with Gasteiger partial charge in [-0.25, -0.2) is 0 Å². The first-order chi connectivity index (χ1) is 6.81. The van der Waals surface area contributed by atoms with Crippen LogP contribution in [0, 0.1) is 0 Å². The van der Waals surface area contributed by atoms with Gasteiger partial charge in [-0.15, -0.1) is 0 Å². The lowest BCUT2D eigenvalue weighted by molar-refractivity contribution is 0.187. The summed E-state index contributed by atoms with van der Waals surface area (Å²) in [6, 6.07) is 0. The van der Waals surface area contributed by atoms with Crippen molar-refractivity contribution in [1.82, 2.24) is 0 Å². The Morgan fingerprint density at radius 3 is 1.93 bits per heavy atom. The number of hydrogen-bond acceptors (Lipinski definition) is 1. The highest BCUT2D eigenvalue weighted by Gasteiger charge is 2.00. The predicted molar refractivity (Wildman–Crippen MR) is 72.1 cm³/mol. The maximum absolute atomic E-state index is 9.32. The Bertz CT molecular complexity index is 106. The molecule has 0 fully saturated rings. The summed E-state index contributed by atoms with van der Waals surface area (Å²) in [6.45, 7) is 2.26. The minimum Gasteiger partial charge on any atom is -0.392 e. The SMILES string of the molecule is CCCCCCCCCCC(O)CI. The molecule has 0 aromatic heterocycles. The van der Waals surface area contributed by atoms with Gasteiger partial charge in [0.15, 0.2) is 0 Å². The molecule has 0 aliphatic heterocycles. The molecule has 0 rings (SSSR count). The second-order valence-corrected chi connectivity index (χ2v) is 4.95. The van der Waals surface area contributed by atoms with Crippen LogP contribution >= 0.6 is 22.6 Å². The lowest BCUT2D eigenvalue weighted by Gasteiger charge is -2.05. The van der Waals surface area contributed by atoms with Crippen LogP contribution in [0.15, 0.2) is 0 Å². The Labute approximate surface area is 103 Å². The van der Waals surface area contributed by atoms with Crippen molar-refractivity contribution < 1.29 is 5.11 Å². The van der Waals surface area contributed by atoms with Crippen LogP contribution in [0.5, 0.6) is 0 Å². The van der Waals surface area contributed by atoms with E-state index >= 15 is 0 Å². The van der Waals surface area contributed by atoms with Crippen molar-refractivity contribution in [3.8, 4) is 0 Å². The van der Waals surface area contributed by atoms with E-state index in [9.17, 15) is 5.11 Å². The van der Waals surface area contributed by atoms with E-state index in [1.165, 1.54) is 51.4 Å². The van der Waals surface area contributed by atoms with Gasteiger partial charge >= 0.3 is 0 Å². The number of alkyl halides is 1. The first kappa shape index (κ1) is 14.7. The summed E-state index contributed by atoms with van der Waals surface area (Å²) >= 11 is 2.25. The average molecular weight is 312 g/mol. The fourth-order valence-corrected chi connectivity index (χ4v) is 2.03. The Morgan fingerprint density at radius 1 is 0.929 bits per heavy atom. The summed E-state index contributed by atoms with van der Waals surface area (Å²) in [6.07, 6.45) is 11.7. The third kappa shape index (κ3) is 10.8. The molecule has 0 aromatic carbocycles. The number of aliphatic hydroxyl groups excluding tert-OH is 1. The summed E-state index contributed by atoms with van der Waals surface area (Å²) < 4.78 is 0.883. The zero-order chi connectivity index (χ0) is 10.6. The molecule has 2 heteroatoms. The van der Waals surface area contributed by atoms with Crippen LogP contribution in [0.25, 0.3) is 0 Å². The van der Waals surface area contributed by atoms with E-state index in [0.29, 0.717) is 0 Å². The molecule has 86 valence electrons. The Morgan fingerprint density at radius 2 is 1.43 bits per heavy atom. The van der Waals surface area contributed by atoms with Crippen LogP contribution in [0.2, 0.25) is 0 Å². The van der Waals surface area contributed by atoms with Gasteiger partial charge in [0, 0.05) is 4.43 Å². The molecule has 0 saturated heterocycles. The molecule has 0 radical (unpaired) electrons. The van der Waals surface area contributed by atoms with E-state index in [0.717, 1.165) is 10.8 Å². The second-order valence-electron chi connectivity index (χ2n) is 4.07. The van der Waals surface area contributed by atoms with Gasteiger partial charge in [0.2, 0.25) is 0 Å². The number of hydrogen-bond donors (Lipinski definition) is 1. The number of halogens is 1. The summed E-state index contributed by atoms with van der Waals surface area (Å²) in [4.78, 5) is 0. The van der Waals surface area contributed by atoms with Crippen molar-refractivity contribution >= 4 is 22.6 Å². The molecule has 0 aliphatic rings. The molecule has 0 bridgehead atoms. The molecule has 0 aromatic rings. The zero-order valence-corrected chi connectivity index (χ0v) is 11.6. The molecule has 1 atom stereocenters. The van der Waals surface area contributed by atoms with Gasteiger partial charge in [0.05, 0.1) is 6.10 Å². The normalized spacial score (nSPS) is 13.1. The van der Waals surface area contributed by atoms with E-state index in [4.69, 9.17) is 0 Å². The molecule has 14 heavy (non-hydrogen) atoms. The largest absolute Gasteiger partial charge is 0.392 e. The van der Waals surface area contributed by atoms with Gasteiger partial charge in [-0.1, -0.05) is 80.9 Å². The molecule has 0 saturated carbocycles. The van der Waals surface area contributed by atoms with Crippen LogP contribution < -0.4 is 0 Å². The lowest BCUT2D eigenvalue weighted by Crippen LogP contribution is -2.06. The van der Waals surface area contributed by atoms with E-state index in [2.05, 4.69) is 29.5 Å². The van der Waals surface area contributed by atoms with Crippen LogP contribution in [-0.4, -0.2) is 15.6 Å². The maximum Gasteiger partial charge on any atom is 0.0629 e. The Balaban J connectivity index is 2.92. The van der Waals surface area contributed by atoms with Crippen molar-refractivity contribution in [1.29, 1.82) is 0 Å². The summed E-state index contributed by atoms with van der Waals surface area (Å²) in [5.74, 6) is 0. The lowest BCUT2D eigenvalue weighted by atomic mass is 10.1. The molecular formula is C12H25IO. The first-order valence-corrected chi connectivity index (χ1v) is 7.57. The smallest absolute Gasteiger partial charge is 0.0629 e. The van der Waals surface area contributed by atoms with Gasteiger partial charge in [0.25, 0.3) is 0 Å². The molecule has 1 N–H and O–H groups in total. The van der Waals surface area contributed by atoms with Crippen molar-refractivity contribution in [3.63, 3.8) is 0 Å². The molecule has 1 unspecified atom stereocenters. The Kier molecular flexibility index (Phi) is 12.3. The average Bonchev–Trinajstić information content (AvgIpc) is 2.21. The quantitative estimate of drug-likeness (QED) is 0.362. The van der Waals surface area contributed by atoms with E-state index in [1.54, 1.807) is 0 Å². The standard InChI is InChI=1S/C12H25IO/c1-2-3-4-5-6-7-8-9-10-12(14)11-13/h12,14H,2-11H2,1H3. The number of unbranched alkanes of at least 4 members (excludes halogenated alkanes) is 7. The van der Waals surface area contributed by atoms with Crippen molar-refractivity contribution in [2.24, 2.45) is 0 Å². The van der Waals surface area contributed by atoms with Gasteiger partial charge in [-0.05, 0) is 6.42 Å². The number of aliphatic hydroxyl groups is 1. The summed E-state index contributed by atoms with van der Waals surface area (Å²) in [5.41, 5.74) is 0. The second kappa shape index (κ2) is 11.8. The monoisotopic (exact) mass is 312 g/mol.